The largest absolute Gasteiger partial charge is 0.507 e. The molecule has 4 rings (SSSR count). The van der Waals surface area contributed by atoms with E-state index in [1.165, 1.54) is 0 Å². The highest BCUT2D eigenvalue weighted by atomic mass is 32.2. The van der Waals surface area contributed by atoms with Gasteiger partial charge in [0.25, 0.3) is 0 Å². The molecule has 0 saturated heterocycles. The van der Waals surface area contributed by atoms with E-state index in [1.807, 2.05) is 36.4 Å². The van der Waals surface area contributed by atoms with Crippen LogP contribution in [0.3, 0.4) is 0 Å². The second-order valence-electron chi connectivity index (χ2n) is 7.45. The average molecular weight is 435 g/mol. The van der Waals surface area contributed by atoms with E-state index in [2.05, 4.69) is 36.8 Å². The molecule has 0 radical (unpaired) electrons. The van der Waals surface area contributed by atoms with Gasteiger partial charge in [0.15, 0.2) is 0 Å². The molecular formula is C26H26O2S2. The summed E-state index contributed by atoms with van der Waals surface area (Å²) >= 11 is 3.53. The smallest absolute Gasteiger partial charge is 0.127 e. The number of hydrogen-bond acceptors (Lipinski definition) is 4. The molecule has 30 heavy (non-hydrogen) atoms. The van der Waals surface area contributed by atoms with Crippen molar-refractivity contribution >= 4 is 45.1 Å². The van der Waals surface area contributed by atoms with Gasteiger partial charge in [-0.05, 0) is 81.7 Å². The Morgan fingerprint density at radius 2 is 1.03 bits per heavy atom. The minimum atomic E-state index is 0.283. The number of aromatic hydroxyl groups is 2. The normalized spacial score (nSPS) is 11.4. The van der Waals surface area contributed by atoms with Crippen molar-refractivity contribution < 1.29 is 10.2 Å². The van der Waals surface area contributed by atoms with Gasteiger partial charge in [0, 0.05) is 11.1 Å². The predicted octanol–water partition coefficient (Wildman–Crippen LogP) is 6.88. The molecule has 0 aromatic heterocycles. The van der Waals surface area contributed by atoms with Crippen LogP contribution in [0.15, 0.2) is 60.7 Å². The fourth-order valence-corrected chi connectivity index (χ4v) is 4.95. The lowest BCUT2D eigenvalue weighted by atomic mass is 9.88. The Kier molecular flexibility index (Phi) is 6.45. The first-order chi connectivity index (χ1) is 14.7. The average Bonchev–Trinajstić information content (AvgIpc) is 2.77. The number of benzene rings is 4. The van der Waals surface area contributed by atoms with E-state index in [0.717, 1.165) is 68.1 Å². The standard InChI is InChI=1S/C26H26O2S2/c1-29-13-11-19-15-17-7-3-5-9-21(17)23(25(19)27)24-22-10-6-4-8-18(22)16-20(26(24)28)12-14-30-2/h3-10,15-16,27-28H,11-14H2,1-2H3. The van der Waals surface area contributed by atoms with Crippen LogP contribution in [0.1, 0.15) is 11.1 Å². The van der Waals surface area contributed by atoms with Gasteiger partial charge in [-0.25, -0.2) is 0 Å². The van der Waals surface area contributed by atoms with Crippen LogP contribution in [-0.4, -0.2) is 34.2 Å². The first-order valence-electron chi connectivity index (χ1n) is 10.1. The molecule has 0 aliphatic rings. The zero-order chi connectivity index (χ0) is 21.1. The number of phenolic OH excluding ortho intramolecular Hbond substituents is 2. The van der Waals surface area contributed by atoms with Crippen molar-refractivity contribution in [3.05, 3.63) is 71.8 Å². The van der Waals surface area contributed by atoms with Crippen LogP contribution in [0.2, 0.25) is 0 Å². The monoisotopic (exact) mass is 434 g/mol. The molecule has 0 aliphatic carbocycles. The van der Waals surface area contributed by atoms with E-state index in [4.69, 9.17) is 0 Å². The Labute approximate surface area is 186 Å². The fraction of sp³-hybridized carbons (Fsp3) is 0.231. The van der Waals surface area contributed by atoms with Gasteiger partial charge in [0.1, 0.15) is 11.5 Å². The highest BCUT2D eigenvalue weighted by molar-refractivity contribution is 7.98. The van der Waals surface area contributed by atoms with Crippen LogP contribution in [0.4, 0.5) is 0 Å². The molecule has 0 heterocycles. The number of hydrogen-bond donors (Lipinski definition) is 2. The number of rotatable bonds is 7. The van der Waals surface area contributed by atoms with E-state index in [-0.39, 0.29) is 11.5 Å². The van der Waals surface area contributed by atoms with Gasteiger partial charge in [0.05, 0.1) is 0 Å². The fourth-order valence-electron chi connectivity index (χ4n) is 4.10. The second-order valence-corrected chi connectivity index (χ2v) is 9.42. The first-order valence-corrected chi connectivity index (χ1v) is 12.9. The van der Waals surface area contributed by atoms with E-state index in [0.29, 0.717) is 0 Å². The summed E-state index contributed by atoms with van der Waals surface area (Å²) < 4.78 is 0. The van der Waals surface area contributed by atoms with Crippen LogP contribution in [0.5, 0.6) is 11.5 Å². The summed E-state index contributed by atoms with van der Waals surface area (Å²) in [4.78, 5) is 0. The van der Waals surface area contributed by atoms with Crippen molar-refractivity contribution in [3.63, 3.8) is 0 Å². The first kappa shape index (κ1) is 21.0. The van der Waals surface area contributed by atoms with Crippen molar-refractivity contribution in [2.24, 2.45) is 0 Å². The Balaban J connectivity index is 2.09. The lowest BCUT2D eigenvalue weighted by Gasteiger charge is -2.19. The quantitative estimate of drug-likeness (QED) is 0.332. The predicted molar refractivity (Wildman–Crippen MR) is 134 cm³/mol. The maximum absolute atomic E-state index is 11.4. The molecule has 4 heteroatoms. The third kappa shape index (κ3) is 3.86. The lowest BCUT2D eigenvalue weighted by molar-refractivity contribution is 0.464. The van der Waals surface area contributed by atoms with Gasteiger partial charge in [-0.2, -0.15) is 23.5 Å². The second kappa shape index (κ2) is 9.23. The summed E-state index contributed by atoms with van der Waals surface area (Å²) in [5, 5.41) is 26.9. The number of fused-ring (bicyclic) bond motifs is 2. The molecule has 0 atom stereocenters. The minimum Gasteiger partial charge on any atom is -0.507 e. The topological polar surface area (TPSA) is 40.5 Å². The van der Waals surface area contributed by atoms with Crippen molar-refractivity contribution in [1.29, 1.82) is 0 Å². The van der Waals surface area contributed by atoms with Crippen LogP contribution in [0, 0.1) is 0 Å². The van der Waals surface area contributed by atoms with Gasteiger partial charge < -0.3 is 10.2 Å². The van der Waals surface area contributed by atoms with Crippen LogP contribution >= 0.6 is 23.5 Å². The summed E-state index contributed by atoms with van der Waals surface area (Å²) in [6, 6.07) is 20.4. The Hall–Kier alpha value is -2.30. The van der Waals surface area contributed by atoms with Crippen LogP contribution in [0.25, 0.3) is 32.7 Å². The van der Waals surface area contributed by atoms with Crippen molar-refractivity contribution in [2.45, 2.75) is 12.8 Å². The summed E-state index contributed by atoms with van der Waals surface area (Å²) in [6.45, 7) is 0. The molecule has 4 aromatic carbocycles. The summed E-state index contributed by atoms with van der Waals surface area (Å²) in [6.07, 6.45) is 5.73. The molecule has 0 fully saturated rings. The van der Waals surface area contributed by atoms with E-state index in [9.17, 15) is 10.2 Å². The van der Waals surface area contributed by atoms with Gasteiger partial charge in [0.2, 0.25) is 0 Å². The number of aryl methyl sites for hydroxylation is 2. The zero-order valence-electron chi connectivity index (χ0n) is 17.3. The van der Waals surface area contributed by atoms with Crippen LogP contribution in [-0.2, 0) is 12.8 Å². The zero-order valence-corrected chi connectivity index (χ0v) is 18.9. The molecule has 4 aromatic rings. The third-order valence-corrected chi connectivity index (χ3v) is 6.83. The van der Waals surface area contributed by atoms with E-state index < -0.39 is 0 Å². The molecule has 0 spiro atoms. The molecule has 154 valence electrons. The van der Waals surface area contributed by atoms with Crippen LogP contribution < -0.4 is 0 Å². The highest BCUT2D eigenvalue weighted by Crippen LogP contribution is 2.47. The van der Waals surface area contributed by atoms with Gasteiger partial charge >= 0.3 is 0 Å². The molecule has 0 saturated carbocycles. The maximum atomic E-state index is 11.4. The molecule has 0 amide bonds. The minimum absolute atomic E-state index is 0.283. The molecule has 2 N–H and O–H groups in total. The van der Waals surface area contributed by atoms with Gasteiger partial charge in [-0.15, -0.1) is 0 Å². The van der Waals surface area contributed by atoms with E-state index >= 15 is 0 Å². The Bertz CT molecular complexity index is 1110. The highest BCUT2D eigenvalue weighted by Gasteiger charge is 2.21. The molecule has 0 aliphatic heterocycles. The Morgan fingerprint density at radius 3 is 1.43 bits per heavy atom. The maximum Gasteiger partial charge on any atom is 0.127 e. The number of thioether (sulfide) groups is 2. The summed E-state index contributed by atoms with van der Waals surface area (Å²) in [7, 11) is 0. The Morgan fingerprint density at radius 1 is 0.633 bits per heavy atom. The molecule has 2 nitrogen and oxygen atoms in total. The lowest BCUT2D eigenvalue weighted by Crippen LogP contribution is -1.97. The molecular weight excluding hydrogens is 408 g/mol. The SMILES string of the molecule is CSCCc1cc2ccccc2c(-c2c(O)c(CCSC)cc3ccccc23)c1O. The van der Waals surface area contributed by atoms with Crippen molar-refractivity contribution in [3.8, 4) is 22.6 Å². The van der Waals surface area contributed by atoms with Gasteiger partial charge in [-0.1, -0.05) is 48.5 Å². The summed E-state index contributed by atoms with van der Waals surface area (Å²) in [5.74, 6) is 2.44. The molecule has 0 bridgehead atoms. The third-order valence-electron chi connectivity index (χ3n) is 5.60. The van der Waals surface area contributed by atoms with Crippen molar-refractivity contribution in [1.82, 2.24) is 0 Å². The van der Waals surface area contributed by atoms with Crippen molar-refractivity contribution in [2.75, 3.05) is 24.0 Å². The number of phenols is 2. The van der Waals surface area contributed by atoms with E-state index in [1.54, 1.807) is 23.5 Å². The van der Waals surface area contributed by atoms with Gasteiger partial charge in [-0.3, -0.25) is 0 Å². The molecule has 0 unspecified atom stereocenters. The summed E-state index contributed by atoms with van der Waals surface area (Å²) in [5.41, 5.74) is 3.33.